The van der Waals surface area contributed by atoms with Crippen molar-refractivity contribution in [1.82, 2.24) is 5.32 Å². The molecule has 1 saturated carbocycles. The maximum atomic E-state index is 6.12. The Bertz CT molecular complexity index is 338. The third-order valence-corrected chi connectivity index (χ3v) is 4.55. The summed E-state index contributed by atoms with van der Waals surface area (Å²) in [6.45, 7) is 0. The molecule has 1 aliphatic rings. The highest BCUT2D eigenvalue weighted by Crippen LogP contribution is 2.34. The van der Waals surface area contributed by atoms with Crippen molar-refractivity contribution in [3.63, 3.8) is 0 Å². The van der Waals surface area contributed by atoms with E-state index in [0.717, 1.165) is 16.7 Å². The first kappa shape index (κ1) is 12.3. The SMILES string of the molecule is CNC(CSCc1ccccc1Cl)C1CC1. The second-order valence-electron chi connectivity index (χ2n) is 4.34. The third kappa shape index (κ3) is 3.41. The Morgan fingerprint density at radius 3 is 2.81 bits per heavy atom. The van der Waals surface area contributed by atoms with Crippen LogP contribution >= 0.6 is 23.4 Å². The summed E-state index contributed by atoms with van der Waals surface area (Å²) in [5, 5.41) is 4.30. The predicted octanol–water partition coefficient (Wildman–Crippen LogP) is 3.57. The minimum absolute atomic E-state index is 0.687. The Morgan fingerprint density at radius 2 is 2.19 bits per heavy atom. The first-order valence-corrected chi connectivity index (χ1v) is 7.33. The summed E-state index contributed by atoms with van der Waals surface area (Å²) in [7, 11) is 2.07. The zero-order valence-electron chi connectivity index (χ0n) is 9.58. The minimum atomic E-state index is 0.687. The van der Waals surface area contributed by atoms with Crippen LogP contribution in [0.25, 0.3) is 0 Å². The van der Waals surface area contributed by atoms with Crippen LogP contribution in [0.3, 0.4) is 0 Å². The van der Waals surface area contributed by atoms with Crippen molar-refractivity contribution in [3.8, 4) is 0 Å². The molecule has 0 heterocycles. The van der Waals surface area contributed by atoms with Gasteiger partial charge in [0.15, 0.2) is 0 Å². The van der Waals surface area contributed by atoms with E-state index >= 15 is 0 Å². The molecule has 0 radical (unpaired) electrons. The van der Waals surface area contributed by atoms with Crippen molar-refractivity contribution < 1.29 is 0 Å². The Hall–Kier alpha value is -0.180. The van der Waals surface area contributed by atoms with Crippen LogP contribution in [0.1, 0.15) is 18.4 Å². The molecule has 1 atom stereocenters. The van der Waals surface area contributed by atoms with E-state index in [-0.39, 0.29) is 0 Å². The van der Waals surface area contributed by atoms with Crippen molar-refractivity contribution in [2.45, 2.75) is 24.6 Å². The van der Waals surface area contributed by atoms with Gasteiger partial charge in [-0.1, -0.05) is 29.8 Å². The maximum absolute atomic E-state index is 6.12. The number of rotatable bonds is 6. The molecule has 0 saturated heterocycles. The average Bonchev–Trinajstić information content (AvgIpc) is 3.11. The molecule has 1 fully saturated rings. The van der Waals surface area contributed by atoms with Crippen molar-refractivity contribution in [3.05, 3.63) is 34.9 Å². The molecule has 0 amide bonds. The Labute approximate surface area is 107 Å². The lowest BCUT2D eigenvalue weighted by molar-refractivity contribution is 0.554. The van der Waals surface area contributed by atoms with Gasteiger partial charge >= 0.3 is 0 Å². The van der Waals surface area contributed by atoms with Crippen molar-refractivity contribution in [2.75, 3.05) is 12.8 Å². The number of hydrogen-bond donors (Lipinski definition) is 1. The Balaban J connectivity index is 1.77. The summed E-state index contributed by atoms with van der Waals surface area (Å²) in [6.07, 6.45) is 2.80. The molecular weight excluding hydrogens is 238 g/mol. The summed E-state index contributed by atoms with van der Waals surface area (Å²) < 4.78 is 0. The van der Waals surface area contributed by atoms with Crippen LogP contribution in [0.15, 0.2) is 24.3 Å². The fraction of sp³-hybridized carbons (Fsp3) is 0.538. The Morgan fingerprint density at radius 1 is 1.44 bits per heavy atom. The van der Waals surface area contributed by atoms with Gasteiger partial charge in [-0.15, -0.1) is 0 Å². The van der Waals surface area contributed by atoms with Crippen LogP contribution in [0.4, 0.5) is 0 Å². The van der Waals surface area contributed by atoms with Gasteiger partial charge in [-0.05, 0) is 37.4 Å². The fourth-order valence-corrected chi connectivity index (χ4v) is 3.43. The predicted molar refractivity (Wildman–Crippen MR) is 73.2 cm³/mol. The largest absolute Gasteiger partial charge is 0.316 e. The van der Waals surface area contributed by atoms with Crippen LogP contribution in [0.5, 0.6) is 0 Å². The molecule has 0 aromatic heterocycles. The van der Waals surface area contributed by atoms with Gasteiger partial charge in [0.1, 0.15) is 0 Å². The lowest BCUT2D eigenvalue weighted by Crippen LogP contribution is -2.29. The van der Waals surface area contributed by atoms with Crippen LogP contribution in [0, 0.1) is 5.92 Å². The molecule has 1 aromatic carbocycles. The van der Waals surface area contributed by atoms with Crippen LogP contribution in [-0.2, 0) is 5.75 Å². The minimum Gasteiger partial charge on any atom is -0.316 e. The molecule has 0 aliphatic heterocycles. The van der Waals surface area contributed by atoms with Gasteiger partial charge in [0, 0.05) is 22.6 Å². The zero-order chi connectivity index (χ0) is 11.4. The highest BCUT2D eigenvalue weighted by molar-refractivity contribution is 7.98. The molecule has 0 bridgehead atoms. The summed E-state index contributed by atoms with van der Waals surface area (Å²) in [5.41, 5.74) is 1.25. The smallest absolute Gasteiger partial charge is 0.0446 e. The van der Waals surface area contributed by atoms with Gasteiger partial charge in [-0.2, -0.15) is 11.8 Å². The molecule has 1 nitrogen and oxygen atoms in total. The van der Waals surface area contributed by atoms with Gasteiger partial charge < -0.3 is 5.32 Å². The number of halogens is 1. The first-order valence-electron chi connectivity index (χ1n) is 5.79. The topological polar surface area (TPSA) is 12.0 Å². The molecular formula is C13H18ClNS. The number of nitrogens with one attached hydrogen (secondary N) is 1. The number of hydrogen-bond acceptors (Lipinski definition) is 2. The zero-order valence-corrected chi connectivity index (χ0v) is 11.2. The number of thioether (sulfide) groups is 1. The van der Waals surface area contributed by atoms with E-state index in [0.29, 0.717) is 6.04 Å². The molecule has 2 rings (SSSR count). The van der Waals surface area contributed by atoms with Crippen molar-refractivity contribution >= 4 is 23.4 Å². The fourth-order valence-electron chi connectivity index (χ4n) is 1.87. The van der Waals surface area contributed by atoms with Gasteiger partial charge in [-0.3, -0.25) is 0 Å². The summed E-state index contributed by atoms with van der Waals surface area (Å²) in [5.74, 6) is 3.13. The average molecular weight is 256 g/mol. The molecule has 1 N–H and O–H groups in total. The molecule has 0 spiro atoms. The van der Waals surface area contributed by atoms with E-state index in [4.69, 9.17) is 11.6 Å². The molecule has 16 heavy (non-hydrogen) atoms. The van der Waals surface area contributed by atoms with Crippen LogP contribution in [0.2, 0.25) is 5.02 Å². The maximum Gasteiger partial charge on any atom is 0.0446 e. The van der Waals surface area contributed by atoms with Gasteiger partial charge in [0.05, 0.1) is 0 Å². The van der Waals surface area contributed by atoms with Gasteiger partial charge in [0.25, 0.3) is 0 Å². The normalized spacial score (nSPS) is 17.4. The van der Waals surface area contributed by atoms with Crippen molar-refractivity contribution in [1.29, 1.82) is 0 Å². The van der Waals surface area contributed by atoms with Crippen molar-refractivity contribution in [2.24, 2.45) is 5.92 Å². The molecule has 1 aromatic rings. The van der Waals surface area contributed by atoms with E-state index in [9.17, 15) is 0 Å². The lowest BCUT2D eigenvalue weighted by Gasteiger charge is -2.14. The summed E-state index contributed by atoms with van der Waals surface area (Å²) >= 11 is 8.09. The van der Waals surface area contributed by atoms with Gasteiger partial charge in [0.2, 0.25) is 0 Å². The highest BCUT2D eigenvalue weighted by Gasteiger charge is 2.29. The van der Waals surface area contributed by atoms with E-state index in [2.05, 4.69) is 24.5 Å². The lowest BCUT2D eigenvalue weighted by atomic mass is 10.2. The van der Waals surface area contributed by atoms with E-state index in [1.165, 1.54) is 24.2 Å². The van der Waals surface area contributed by atoms with E-state index < -0.39 is 0 Å². The highest BCUT2D eigenvalue weighted by atomic mass is 35.5. The van der Waals surface area contributed by atoms with Crippen LogP contribution in [-0.4, -0.2) is 18.8 Å². The van der Waals surface area contributed by atoms with E-state index in [1.807, 2.05) is 23.9 Å². The standard InChI is InChI=1S/C13H18ClNS/c1-15-13(10-6-7-10)9-16-8-11-4-2-3-5-12(11)14/h2-5,10,13,15H,6-9H2,1H3. The molecule has 88 valence electrons. The van der Waals surface area contributed by atoms with Crippen LogP contribution < -0.4 is 5.32 Å². The number of benzene rings is 1. The molecule has 3 heteroatoms. The monoisotopic (exact) mass is 255 g/mol. The quantitative estimate of drug-likeness (QED) is 0.834. The molecule has 1 aliphatic carbocycles. The summed E-state index contributed by atoms with van der Waals surface area (Å²) in [4.78, 5) is 0. The second kappa shape index (κ2) is 5.95. The first-order chi connectivity index (χ1) is 7.81. The third-order valence-electron chi connectivity index (χ3n) is 3.07. The molecule has 1 unspecified atom stereocenters. The second-order valence-corrected chi connectivity index (χ2v) is 5.78. The van der Waals surface area contributed by atoms with E-state index in [1.54, 1.807) is 0 Å². The summed E-state index contributed by atoms with van der Waals surface area (Å²) in [6, 6.07) is 8.80. The van der Waals surface area contributed by atoms with Gasteiger partial charge in [-0.25, -0.2) is 0 Å². The Kier molecular flexibility index (Phi) is 4.56.